The molecule has 0 N–H and O–H groups in total. The van der Waals surface area contributed by atoms with E-state index < -0.39 is 0 Å². The molecule has 0 unspecified atom stereocenters. The van der Waals surface area contributed by atoms with Crippen molar-refractivity contribution in [2.45, 2.75) is 26.7 Å². The molecule has 0 bridgehead atoms. The van der Waals surface area contributed by atoms with Crippen molar-refractivity contribution in [1.82, 2.24) is 4.90 Å². The summed E-state index contributed by atoms with van der Waals surface area (Å²) < 4.78 is 6.97. The topological polar surface area (TPSA) is 12.5 Å². The molecule has 0 aliphatic carbocycles. The molecular weight excluding hydrogens is 290 g/mol. The van der Waals surface area contributed by atoms with Crippen molar-refractivity contribution >= 4 is 15.9 Å². The van der Waals surface area contributed by atoms with Crippen LogP contribution in [0.1, 0.15) is 25.3 Å². The molecule has 1 aliphatic heterocycles. The number of halogens is 1. The van der Waals surface area contributed by atoms with Gasteiger partial charge in [-0.25, -0.2) is 0 Å². The predicted octanol–water partition coefficient (Wildman–Crippen LogP) is 3.87. The average molecular weight is 312 g/mol. The van der Waals surface area contributed by atoms with Gasteiger partial charge in [-0.3, -0.25) is 4.90 Å². The van der Waals surface area contributed by atoms with E-state index in [4.69, 9.17) is 4.74 Å². The van der Waals surface area contributed by atoms with Crippen LogP contribution in [0.15, 0.2) is 22.7 Å². The maximum absolute atomic E-state index is 5.86. The van der Waals surface area contributed by atoms with Gasteiger partial charge in [-0.2, -0.15) is 0 Å². The lowest BCUT2D eigenvalue weighted by Crippen LogP contribution is -2.35. The summed E-state index contributed by atoms with van der Waals surface area (Å²) in [6.45, 7) is 8.72. The Kier molecular flexibility index (Phi) is 5.07. The third kappa shape index (κ3) is 3.99. The summed E-state index contributed by atoms with van der Waals surface area (Å²) in [6, 6.07) is 6.17. The number of likely N-dealkylation sites (tertiary alicyclic amines) is 1. The van der Waals surface area contributed by atoms with E-state index >= 15 is 0 Å². The summed E-state index contributed by atoms with van der Waals surface area (Å²) in [5, 5.41) is 0. The lowest BCUT2D eigenvalue weighted by atomic mass is 9.99. The van der Waals surface area contributed by atoms with Crippen molar-refractivity contribution in [3.05, 3.63) is 28.2 Å². The van der Waals surface area contributed by atoms with Gasteiger partial charge in [0.15, 0.2) is 0 Å². The van der Waals surface area contributed by atoms with Crippen LogP contribution in [-0.4, -0.2) is 31.1 Å². The molecule has 3 heteroatoms. The summed E-state index contributed by atoms with van der Waals surface area (Å²) in [5.41, 5.74) is 1.19. The number of ether oxygens (including phenoxy) is 1. The molecule has 2 rings (SSSR count). The van der Waals surface area contributed by atoms with Crippen LogP contribution in [0.3, 0.4) is 0 Å². The van der Waals surface area contributed by atoms with Crippen LogP contribution in [0.2, 0.25) is 0 Å². The summed E-state index contributed by atoms with van der Waals surface area (Å²) >= 11 is 3.47. The molecule has 1 fully saturated rings. The van der Waals surface area contributed by atoms with Crippen molar-refractivity contribution < 1.29 is 4.74 Å². The van der Waals surface area contributed by atoms with Gasteiger partial charge in [-0.05, 0) is 62.5 Å². The number of nitrogens with zero attached hydrogens (tertiary/aromatic N) is 1. The first-order valence-corrected chi connectivity index (χ1v) is 7.56. The Morgan fingerprint density at radius 2 is 2.06 bits per heavy atom. The van der Waals surface area contributed by atoms with Crippen molar-refractivity contribution in [3.8, 4) is 5.75 Å². The summed E-state index contributed by atoms with van der Waals surface area (Å²) in [4.78, 5) is 2.51. The highest BCUT2D eigenvalue weighted by atomic mass is 79.9. The van der Waals surface area contributed by atoms with Crippen LogP contribution in [0.25, 0.3) is 0 Å². The van der Waals surface area contributed by atoms with E-state index in [1.54, 1.807) is 0 Å². The maximum Gasteiger partial charge on any atom is 0.122 e. The lowest BCUT2D eigenvalue weighted by Gasteiger charge is -2.30. The molecule has 0 spiro atoms. The van der Waals surface area contributed by atoms with Crippen molar-refractivity contribution in [1.29, 1.82) is 0 Å². The van der Waals surface area contributed by atoms with Gasteiger partial charge in [-0.15, -0.1) is 0 Å². The minimum Gasteiger partial charge on any atom is -0.492 e. The molecule has 0 aromatic heterocycles. The monoisotopic (exact) mass is 311 g/mol. The molecule has 0 atom stereocenters. The Labute approximate surface area is 118 Å². The van der Waals surface area contributed by atoms with Gasteiger partial charge >= 0.3 is 0 Å². The molecule has 1 aromatic rings. The third-order valence-electron chi connectivity index (χ3n) is 3.68. The highest BCUT2D eigenvalue weighted by molar-refractivity contribution is 9.10. The van der Waals surface area contributed by atoms with E-state index in [-0.39, 0.29) is 0 Å². The zero-order valence-electron chi connectivity index (χ0n) is 11.3. The van der Waals surface area contributed by atoms with E-state index in [9.17, 15) is 0 Å². The second kappa shape index (κ2) is 6.58. The molecular formula is C15H22BrNO. The summed E-state index contributed by atoms with van der Waals surface area (Å²) in [7, 11) is 0. The zero-order valence-corrected chi connectivity index (χ0v) is 12.9. The first kappa shape index (κ1) is 13.9. The van der Waals surface area contributed by atoms with Crippen LogP contribution >= 0.6 is 15.9 Å². The minimum absolute atomic E-state index is 0.789. The van der Waals surface area contributed by atoms with Crippen LogP contribution in [0.4, 0.5) is 0 Å². The molecule has 1 saturated heterocycles. The maximum atomic E-state index is 5.86. The number of rotatable bonds is 4. The molecule has 1 aliphatic rings. The summed E-state index contributed by atoms with van der Waals surface area (Å²) in [5.74, 6) is 1.90. The van der Waals surface area contributed by atoms with E-state index in [0.717, 1.165) is 29.3 Å². The molecule has 100 valence electrons. The number of hydrogen-bond donors (Lipinski definition) is 0. The average Bonchev–Trinajstić information content (AvgIpc) is 2.34. The van der Waals surface area contributed by atoms with Crippen LogP contribution in [-0.2, 0) is 0 Å². The van der Waals surface area contributed by atoms with E-state index in [0.29, 0.717) is 0 Å². The molecule has 18 heavy (non-hydrogen) atoms. The standard InChI is InChI=1S/C15H22BrNO/c1-12-5-7-17(8-6-12)9-10-18-15-4-3-14(16)11-13(15)2/h3-4,11-12H,5-10H2,1-2H3. The van der Waals surface area contributed by atoms with E-state index in [1.807, 2.05) is 12.1 Å². The Hall–Kier alpha value is -0.540. The first-order chi connectivity index (χ1) is 8.65. The fraction of sp³-hybridized carbons (Fsp3) is 0.600. The number of benzene rings is 1. The van der Waals surface area contributed by atoms with Crippen molar-refractivity contribution in [3.63, 3.8) is 0 Å². The van der Waals surface area contributed by atoms with Crippen LogP contribution in [0.5, 0.6) is 5.75 Å². The van der Waals surface area contributed by atoms with Crippen LogP contribution < -0.4 is 4.74 Å². The highest BCUT2D eigenvalue weighted by Crippen LogP contribution is 2.22. The fourth-order valence-corrected chi connectivity index (χ4v) is 2.82. The van der Waals surface area contributed by atoms with E-state index in [2.05, 4.69) is 40.7 Å². The molecule has 0 radical (unpaired) electrons. The Morgan fingerprint density at radius 1 is 1.33 bits per heavy atom. The van der Waals surface area contributed by atoms with Gasteiger partial charge in [0.25, 0.3) is 0 Å². The van der Waals surface area contributed by atoms with Crippen LogP contribution in [0, 0.1) is 12.8 Å². The predicted molar refractivity (Wildman–Crippen MR) is 79.2 cm³/mol. The van der Waals surface area contributed by atoms with Gasteiger partial charge in [0.05, 0.1) is 0 Å². The van der Waals surface area contributed by atoms with Crippen molar-refractivity contribution in [2.24, 2.45) is 5.92 Å². The van der Waals surface area contributed by atoms with Gasteiger partial charge in [-0.1, -0.05) is 22.9 Å². The van der Waals surface area contributed by atoms with E-state index in [1.165, 1.54) is 31.5 Å². The van der Waals surface area contributed by atoms with Gasteiger partial charge in [0, 0.05) is 11.0 Å². The number of piperidine rings is 1. The Balaban J connectivity index is 1.75. The molecule has 0 saturated carbocycles. The minimum atomic E-state index is 0.789. The number of hydrogen-bond acceptors (Lipinski definition) is 2. The zero-order chi connectivity index (χ0) is 13.0. The second-order valence-electron chi connectivity index (χ2n) is 5.28. The largest absolute Gasteiger partial charge is 0.492 e. The molecule has 2 nitrogen and oxygen atoms in total. The Bertz CT molecular complexity index is 386. The normalized spacial score (nSPS) is 17.9. The smallest absolute Gasteiger partial charge is 0.122 e. The van der Waals surface area contributed by atoms with Crippen molar-refractivity contribution in [2.75, 3.05) is 26.2 Å². The van der Waals surface area contributed by atoms with Gasteiger partial charge in [0.1, 0.15) is 12.4 Å². The van der Waals surface area contributed by atoms with Gasteiger partial charge < -0.3 is 4.74 Å². The first-order valence-electron chi connectivity index (χ1n) is 6.76. The second-order valence-corrected chi connectivity index (χ2v) is 6.20. The molecule has 0 amide bonds. The molecule has 1 aromatic carbocycles. The SMILES string of the molecule is Cc1cc(Br)ccc1OCCN1CCC(C)CC1. The highest BCUT2D eigenvalue weighted by Gasteiger charge is 2.15. The summed E-state index contributed by atoms with van der Waals surface area (Å²) in [6.07, 6.45) is 2.66. The third-order valence-corrected chi connectivity index (χ3v) is 4.17. The lowest BCUT2D eigenvalue weighted by molar-refractivity contribution is 0.160. The fourth-order valence-electron chi connectivity index (χ4n) is 2.35. The quantitative estimate of drug-likeness (QED) is 0.837. The molecule has 1 heterocycles. The number of aryl methyl sites for hydroxylation is 1. The Morgan fingerprint density at radius 3 is 2.72 bits per heavy atom. The van der Waals surface area contributed by atoms with Gasteiger partial charge in [0.2, 0.25) is 0 Å².